The second-order valence-corrected chi connectivity index (χ2v) is 6.44. The summed E-state index contributed by atoms with van der Waals surface area (Å²) in [6.07, 6.45) is 8.52. The summed E-state index contributed by atoms with van der Waals surface area (Å²) < 4.78 is 0. The molecule has 1 saturated heterocycles. The molecular weight excluding hydrogens is 298 g/mol. The van der Waals surface area contributed by atoms with E-state index < -0.39 is 0 Å². The molecule has 4 heteroatoms. The molecule has 2 aromatic rings. The van der Waals surface area contributed by atoms with Gasteiger partial charge in [-0.2, -0.15) is 0 Å². The number of nitrogens with zero attached hydrogens (tertiary/aromatic N) is 2. The molecule has 24 heavy (non-hydrogen) atoms. The Hall–Kier alpha value is -2.36. The molecule has 1 amide bonds. The van der Waals surface area contributed by atoms with Gasteiger partial charge in [0.2, 0.25) is 0 Å². The van der Waals surface area contributed by atoms with Crippen molar-refractivity contribution in [2.24, 2.45) is 0 Å². The van der Waals surface area contributed by atoms with Gasteiger partial charge in [-0.3, -0.25) is 9.78 Å². The number of aryl methyl sites for hydroxylation is 1. The fourth-order valence-electron chi connectivity index (χ4n) is 3.14. The van der Waals surface area contributed by atoms with Crippen molar-refractivity contribution >= 4 is 11.6 Å². The number of hydrogen-bond donors (Lipinski definition) is 1. The number of pyridine rings is 1. The minimum absolute atomic E-state index is 0.0672. The lowest BCUT2D eigenvalue weighted by Crippen LogP contribution is -2.26. The molecule has 4 nitrogen and oxygen atoms in total. The van der Waals surface area contributed by atoms with Crippen LogP contribution in [0.4, 0.5) is 5.69 Å². The number of benzene rings is 1. The molecule has 0 unspecified atom stereocenters. The summed E-state index contributed by atoms with van der Waals surface area (Å²) in [4.78, 5) is 19.1. The first-order chi connectivity index (χ1) is 11.7. The number of rotatable bonds is 4. The summed E-state index contributed by atoms with van der Waals surface area (Å²) >= 11 is 0. The lowest BCUT2D eigenvalue weighted by Gasteiger charge is -2.22. The van der Waals surface area contributed by atoms with Gasteiger partial charge in [-0.05, 0) is 37.0 Å². The van der Waals surface area contributed by atoms with Gasteiger partial charge in [0.25, 0.3) is 5.91 Å². The highest BCUT2D eigenvalue weighted by atomic mass is 16.1. The normalized spacial score (nSPS) is 15.0. The quantitative estimate of drug-likeness (QED) is 0.933. The third-order valence-corrected chi connectivity index (χ3v) is 4.66. The maximum atomic E-state index is 12.5. The number of carbonyl (C=O) groups is 1. The van der Waals surface area contributed by atoms with Gasteiger partial charge in [0.05, 0.1) is 17.4 Å². The van der Waals surface area contributed by atoms with Crippen LogP contribution in [-0.4, -0.2) is 24.0 Å². The third kappa shape index (κ3) is 4.13. The van der Waals surface area contributed by atoms with Crippen molar-refractivity contribution in [3.05, 3.63) is 59.4 Å². The average molecular weight is 323 g/mol. The van der Waals surface area contributed by atoms with Gasteiger partial charge in [0.1, 0.15) is 0 Å². The van der Waals surface area contributed by atoms with Crippen LogP contribution in [0.1, 0.15) is 47.2 Å². The van der Waals surface area contributed by atoms with Gasteiger partial charge in [-0.1, -0.05) is 37.1 Å². The van der Waals surface area contributed by atoms with E-state index in [2.05, 4.69) is 28.2 Å². The molecule has 1 fully saturated rings. The van der Waals surface area contributed by atoms with Crippen molar-refractivity contribution in [3.8, 4) is 0 Å². The van der Waals surface area contributed by atoms with Crippen LogP contribution >= 0.6 is 0 Å². The highest BCUT2D eigenvalue weighted by Gasteiger charge is 2.13. The number of amides is 1. The molecule has 1 N–H and O–H groups in total. The Bertz CT molecular complexity index is 691. The predicted molar refractivity (Wildman–Crippen MR) is 97.3 cm³/mol. The summed E-state index contributed by atoms with van der Waals surface area (Å²) in [6, 6.07) is 10.1. The highest BCUT2D eigenvalue weighted by Crippen LogP contribution is 2.19. The van der Waals surface area contributed by atoms with Crippen molar-refractivity contribution in [1.82, 2.24) is 10.3 Å². The van der Waals surface area contributed by atoms with E-state index in [4.69, 9.17) is 0 Å². The topological polar surface area (TPSA) is 45.2 Å². The van der Waals surface area contributed by atoms with Crippen molar-refractivity contribution in [2.75, 3.05) is 18.0 Å². The molecule has 1 aliphatic heterocycles. The van der Waals surface area contributed by atoms with Gasteiger partial charge < -0.3 is 10.2 Å². The molecule has 126 valence electrons. The van der Waals surface area contributed by atoms with E-state index >= 15 is 0 Å². The first-order valence-corrected chi connectivity index (χ1v) is 8.77. The van der Waals surface area contributed by atoms with Crippen LogP contribution in [0.3, 0.4) is 0 Å². The average Bonchev–Trinajstić information content (AvgIpc) is 2.90. The SMILES string of the molecule is Cc1ccccc1CNC(=O)c1cncc(N2CCCCCC2)c1. The Balaban J connectivity index is 1.66. The smallest absolute Gasteiger partial charge is 0.253 e. The molecule has 0 atom stereocenters. The van der Waals surface area contributed by atoms with Crippen molar-refractivity contribution in [1.29, 1.82) is 0 Å². The second-order valence-electron chi connectivity index (χ2n) is 6.44. The van der Waals surface area contributed by atoms with Crippen LogP contribution in [0.5, 0.6) is 0 Å². The maximum Gasteiger partial charge on any atom is 0.253 e. The molecule has 1 aliphatic rings. The Labute approximate surface area is 143 Å². The Kier molecular flexibility index (Phi) is 5.47. The zero-order chi connectivity index (χ0) is 16.8. The number of aromatic nitrogens is 1. The van der Waals surface area contributed by atoms with Crippen LogP contribution in [0.2, 0.25) is 0 Å². The van der Waals surface area contributed by atoms with E-state index in [9.17, 15) is 4.79 Å². The molecule has 0 saturated carbocycles. The van der Waals surface area contributed by atoms with E-state index in [1.165, 1.54) is 31.2 Å². The monoisotopic (exact) mass is 323 g/mol. The largest absolute Gasteiger partial charge is 0.370 e. The molecule has 0 spiro atoms. The fraction of sp³-hybridized carbons (Fsp3) is 0.400. The van der Waals surface area contributed by atoms with Crippen LogP contribution in [0.25, 0.3) is 0 Å². The van der Waals surface area contributed by atoms with E-state index in [1.807, 2.05) is 30.5 Å². The van der Waals surface area contributed by atoms with Crippen LogP contribution in [0.15, 0.2) is 42.7 Å². The maximum absolute atomic E-state index is 12.5. The highest BCUT2D eigenvalue weighted by molar-refractivity contribution is 5.94. The predicted octanol–water partition coefficient (Wildman–Crippen LogP) is 3.70. The van der Waals surface area contributed by atoms with Crippen molar-refractivity contribution in [3.63, 3.8) is 0 Å². The Morgan fingerprint density at radius 1 is 1.12 bits per heavy atom. The molecule has 1 aromatic heterocycles. The zero-order valence-electron chi connectivity index (χ0n) is 14.3. The van der Waals surface area contributed by atoms with E-state index in [-0.39, 0.29) is 5.91 Å². The van der Waals surface area contributed by atoms with E-state index in [0.29, 0.717) is 12.1 Å². The second kappa shape index (κ2) is 7.95. The van der Waals surface area contributed by atoms with Gasteiger partial charge >= 0.3 is 0 Å². The molecule has 0 aliphatic carbocycles. The minimum atomic E-state index is -0.0672. The van der Waals surface area contributed by atoms with Gasteiger partial charge in [-0.25, -0.2) is 0 Å². The third-order valence-electron chi connectivity index (χ3n) is 4.66. The van der Waals surface area contributed by atoms with E-state index in [1.54, 1.807) is 6.20 Å². The van der Waals surface area contributed by atoms with Gasteiger partial charge in [-0.15, -0.1) is 0 Å². The van der Waals surface area contributed by atoms with Crippen molar-refractivity contribution in [2.45, 2.75) is 39.2 Å². The first-order valence-electron chi connectivity index (χ1n) is 8.77. The minimum Gasteiger partial charge on any atom is -0.370 e. The molecular formula is C20H25N3O. The lowest BCUT2D eigenvalue weighted by molar-refractivity contribution is 0.0950. The summed E-state index contributed by atoms with van der Waals surface area (Å²) in [7, 11) is 0. The number of anilines is 1. The molecule has 1 aromatic carbocycles. The van der Waals surface area contributed by atoms with Crippen LogP contribution < -0.4 is 10.2 Å². The number of nitrogens with one attached hydrogen (secondary N) is 1. The molecule has 3 rings (SSSR count). The summed E-state index contributed by atoms with van der Waals surface area (Å²) in [6.45, 7) is 4.70. The number of carbonyl (C=O) groups excluding carboxylic acids is 1. The molecule has 0 radical (unpaired) electrons. The van der Waals surface area contributed by atoms with Crippen molar-refractivity contribution < 1.29 is 4.79 Å². The summed E-state index contributed by atoms with van der Waals surface area (Å²) in [5, 5.41) is 3.00. The van der Waals surface area contributed by atoms with E-state index in [0.717, 1.165) is 24.3 Å². The van der Waals surface area contributed by atoms with Gasteiger partial charge in [0, 0.05) is 25.8 Å². The van der Waals surface area contributed by atoms with Crippen LogP contribution in [0, 0.1) is 6.92 Å². The summed E-state index contributed by atoms with van der Waals surface area (Å²) in [5.74, 6) is -0.0672. The first kappa shape index (κ1) is 16.5. The standard InChI is InChI=1S/C20H25N3O/c1-16-8-4-5-9-17(16)14-22-20(24)18-12-19(15-21-13-18)23-10-6-2-3-7-11-23/h4-5,8-9,12-13,15H,2-3,6-7,10-11,14H2,1H3,(H,22,24). The van der Waals surface area contributed by atoms with Gasteiger partial charge in [0.15, 0.2) is 0 Å². The fourth-order valence-corrected chi connectivity index (χ4v) is 3.14. The lowest BCUT2D eigenvalue weighted by atomic mass is 10.1. The Morgan fingerprint density at radius 3 is 2.62 bits per heavy atom. The molecule has 0 bridgehead atoms. The van der Waals surface area contributed by atoms with Crippen LogP contribution in [-0.2, 0) is 6.54 Å². The Morgan fingerprint density at radius 2 is 1.88 bits per heavy atom. The number of hydrogen-bond acceptors (Lipinski definition) is 3. The molecule has 2 heterocycles. The zero-order valence-corrected chi connectivity index (χ0v) is 14.3. The summed E-state index contributed by atoms with van der Waals surface area (Å²) in [5.41, 5.74) is 4.02.